The molecule has 0 amide bonds. The molecule has 0 aromatic heterocycles. The zero-order valence-electron chi connectivity index (χ0n) is 23.2. The third-order valence-electron chi connectivity index (χ3n) is 6.70. The summed E-state index contributed by atoms with van der Waals surface area (Å²) < 4.78 is 11.4. The van der Waals surface area contributed by atoms with Crippen molar-refractivity contribution >= 4 is 5.97 Å². The number of rotatable bonds is 8. The van der Waals surface area contributed by atoms with Gasteiger partial charge in [0, 0.05) is 65.4 Å². The summed E-state index contributed by atoms with van der Waals surface area (Å²) in [6.07, 6.45) is 0. The van der Waals surface area contributed by atoms with Gasteiger partial charge in [-0.3, -0.25) is 19.5 Å². The maximum absolute atomic E-state index is 13.0. The third kappa shape index (κ3) is 10.9. The van der Waals surface area contributed by atoms with Crippen LogP contribution in [0.4, 0.5) is 0 Å². The quantitative estimate of drug-likeness (QED) is 0.547. The van der Waals surface area contributed by atoms with Crippen LogP contribution in [0.1, 0.15) is 31.9 Å². The SMILES string of the molecule is COC(=O)[C@@H](COC(C)(C)C)N1CCN(Cc2ccccc2)CCNCCN(Cc2ccccc2)CC1. The molecule has 37 heavy (non-hydrogen) atoms. The molecular formula is C30H46N4O3. The Labute approximate surface area is 223 Å². The summed E-state index contributed by atoms with van der Waals surface area (Å²) in [6.45, 7) is 15.2. The summed E-state index contributed by atoms with van der Waals surface area (Å²) in [4.78, 5) is 20.2. The standard InChI is InChI=1S/C30H46N4O3/c1-30(2,3)37-25-28(29(35)36-4)34-21-19-32(23-26-11-7-5-8-12-26)17-15-31-16-18-33(20-22-34)24-27-13-9-6-10-14-27/h5-14,28,31H,15-25H2,1-4H3/t28-/m1/s1. The molecule has 0 bridgehead atoms. The van der Waals surface area contributed by atoms with E-state index in [0.717, 1.165) is 65.4 Å². The first-order valence-corrected chi connectivity index (χ1v) is 13.5. The van der Waals surface area contributed by atoms with Crippen LogP contribution in [0.2, 0.25) is 0 Å². The summed E-state index contributed by atoms with van der Waals surface area (Å²) in [6, 6.07) is 20.7. The average molecular weight is 511 g/mol. The van der Waals surface area contributed by atoms with Crippen LogP contribution in [0.5, 0.6) is 0 Å². The minimum Gasteiger partial charge on any atom is -0.468 e. The number of nitrogens with one attached hydrogen (secondary N) is 1. The van der Waals surface area contributed by atoms with E-state index in [0.29, 0.717) is 6.61 Å². The van der Waals surface area contributed by atoms with Crippen LogP contribution in [0, 0.1) is 0 Å². The number of hydrogen-bond donors (Lipinski definition) is 1. The fraction of sp³-hybridized carbons (Fsp3) is 0.567. The number of benzene rings is 2. The van der Waals surface area contributed by atoms with Gasteiger partial charge in [-0.1, -0.05) is 60.7 Å². The number of nitrogens with zero attached hydrogens (tertiary/aromatic N) is 3. The number of hydrogen-bond acceptors (Lipinski definition) is 7. The zero-order chi connectivity index (χ0) is 26.5. The van der Waals surface area contributed by atoms with E-state index in [4.69, 9.17) is 9.47 Å². The lowest BCUT2D eigenvalue weighted by Crippen LogP contribution is -2.52. The highest BCUT2D eigenvalue weighted by molar-refractivity contribution is 5.75. The molecule has 0 aliphatic carbocycles. The van der Waals surface area contributed by atoms with E-state index in [1.807, 2.05) is 20.8 Å². The summed E-state index contributed by atoms with van der Waals surface area (Å²) in [7, 11) is 1.47. The Balaban J connectivity index is 1.77. The van der Waals surface area contributed by atoms with Gasteiger partial charge in [-0.25, -0.2) is 0 Å². The molecule has 2 aromatic rings. The molecule has 1 aliphatic heterocycles. The van der Waals surface area contributed by atoms with E-state index in [9.17, 15) is 4.79 Å². The van der Waals surface area contributed by atoms with Gasteiger partial charge in [0.05, 0.1) is 19.3 Å². The maximum atomic E-state index is 13.0. The highest BCUT2D eigenvalue weighted by atomic mass is 16.5. The van der Waals surface area contributed by atoms with Gasteiger partial charge >= 0.3 is 5.97 Å². The van der Waals surface area contributed by atoms with Crippen LogP contribution in [0.15, 0.2) is 60.7 Å². The van der Waals surface area contributed by atoms with Gasteiger partial charge in [0.2, 0.25) is 0 Å². The van der Waals surface area contributed by atoms with E-state index >= 15 is 0 Å². The molecule has 2 aromatic carbocycles. The van der Waals surface area contributed by atoms with Crippen LogP contribution < -0.4 is 5.32 Å². The van der Waals surface area contributed by atoms with Crippen LogP contribution >= 0.6 is 0 Å². The average Bonchev–Trinajstić information content (AvgIpc) is 2.88. The van der Waals surface area contributed by atoms with Gasteiger partial charge in [-0.05, 0) is 31.9 Å². The van der Waals surface area contributed by atoms with Crippen molar-refractivity contribution in [3.05, 3.63) is 71.8 Å². The van der Waals surface area contributed by atoms with Crippen LogP contribution in [-0.2, 0) is 27.4 Å². The smallest absolute Gasteiger partial charge is 0.325 e. The monoisotopic (exact) mass is 510 g/mol. The lowest BCUT2D eigenvalue weighted by molar-refractivity contribution is -0.152. The minimum atomic E-state index is -0.442. The topological polar surface area (TPSA) is 57.3 Å². The van der Waals surface area contributed by atoms with Crippen molar-refractivity contribution in [3.8, 4) is 0 Å². The molecule has 0 radical (unpaired) electrons. The maximum Gasteiger partial charge on any atom is 0.325 e. The van der Waals surface area contributed by atoms with Gasteiger partial charge in [0.1, 0.15) is 6.04 Å². The fourth-order valence-corrected chi connectivity index (χ4v) is 4.57. The molecule has 7 heteroatoms. The first-order chi connectivity index (χ1) is 17.8. The number of carbonyl (C=O) groups is 1. The van der Waals surface area contributed by atoms with Crippen LogP contribution in [0.25, 0.3) is 0 Å². The van der Waals surface area contributed by atoms with Gasteiger partial charge in [0.25, 0.3) is 0 Å². The van der Waals surface area contributed by atoms with Gasteiger partial charge in [-0.2, -0.15) is 0 Å². The summed E-state index contributed by atoms with van der Waals surface area (Å²) in [5.41, 5.74) is 2.27. The Morgan fingerprint density at radius 2 is 1.30 bits per heavy atom. The largest absolute Gasteiger partial charge is 0.468 e. The first kappa shape index (κ1) is 29.3. The minimum absolute atomic E-state index is 0.234. The second-order valence-corrected chi connectivity index (χ2v) is 10.8. The second-order valence-electron chi connectivity index (χ2n) is 10.8. The van der Waals surface area contributed by atoms with Gasteiger partial charge < -0.3 is 14.8 Å². The molecule has 1 atom stereocenters. The number of carbonyl (C=O) groups excluding carboxylic acids is 1. The number of ether oxygens (including phenoxy) is 2. The van der Waals surface area contributed by atoms with Crippen molar-refractivity contribution in [2.45, 2.75) is 45.5 Å². The molecule has 7 nitrogen and oxygen atoms in total. The van der Waals surface area contributed by atoms with E-state index in [1.54, 1.807) is 0 Å². The normalized spacial score (nSPS) is 18.5. The third-order valence-corrected chi connectivity index (χ3v) is 6.70. The van der Waals surface area contributed by atoms with E-state index in [1.165, 1.54) is 18.2 Å². The predicted molar refractivity (Wildman–Crippen MR) is 149 cm³/mol. The van der Waals surface area contributed by atoms with E-state index < -0.39 is 6.04 Å². The Bertz CT molecular complexity index is 849. The van der Waals surface area contributed by atoms with Gasteiger partial charge in [0.15, 0.2) is 0 Å². The Kier molecular flexibility index (Phi) is 12.0. The van der Waals surface area contributed by atoms with Crippen LogP contribution in [0.3, 0.4) is 0 Å². The molecule has 204 valence electrons. The Morgan fingerprint density at radius 3 is 1.73 bits per heavy atom. The summed E-state index contributed by atoms with van der Waals surface area (Å²) in [5, 5.41) is 3.64. The zero-order valence-corrected chi connectivity index (χ0v) is 23.2. The number of methoxy groups -OCH3 is 1. The second kappa shape index (κ2) is 15.2. The molecule has 1 aliphatic rings. The highest BCUT2D eigenvalue weighted by Gasteiger charge is 2.30. The molecule has 3 rings (SSSR count). The fourth-order valence-electron chi connectivity index (χ4n) is 4.57. The molecule has 0 spiro atoms. The van der Waals surface area contributed by atoms with Crippen molar-refractivity contribution in [2.75, 3.05) is 66.1 Å². The van der Waals surface area contributed by atoms with E-state index in [-0.39, 0.29) is 11.6 Å². The summed E-state index contributed by atoms with van der Waals surface area (Å²) >= 11 is 0. The van der Waals surface area contributed by atoms with Gasteiger partial charge in [-0.15, -0.1) is 0 Å². The molecule has 1 saturated heterocycles. The van der Waals surface area contributed by atoms with Crippen molar-refractivity contribution in [3.63, 3.8) is 0 Å². The molecule has 1 fully saturated rings. The molecular weight excluding hydrogens is 464 g/mol. The lowest BCUT2D eigenvalue weighted by atomic mass is 10.1. The molecule has 1 heterocycles. The summed E-state index contributed by atoms with van der Waals surface area (Å²) in [5.74, 6) is -0.234. The first-order valence-electron chi connectivity index (χ1n) is 13.5. The Hall–Kier alpha value is -2.29. The van der Waals surface area contributed by atoms with E-state index in [2.05, 4.69) is 80.7 Å². The lowest BCUT2D eigenvalue weighted by Gasteiger charge is -2.36. The van der Waals surface area contributed by atoms with Crippen molar-refractivity contribution < 1.29 is 14.3 Å². The predicted octanol–water partition coefficient (Wildman–Crippen LogP) is 3.25. The number of esters is 1. The van der Waals surface area contributed by atoms with Crippen molar-refractivity contribution in [1.29, 1.82) is 0 Å². The molecule has 0 saturated carbocycles. The molecule has 0 unspecified atom stereocenters. The highest BCUT2D eigenvalue weighted by Crippen LogP contribution is 2.13. The van der Waals surface area contributed by atoms with Crippen molar-refractivity contribution in [1.82, 2.24) is 20.0 Å². The van der Waals surface area contributed by atoms with Crippen LogP contribution in [-0.4, -0.2) is 98.4 Å². The van der Waals surface area contributed by atoms with Crippen molar-refractivity contribution in [2.24, 2.45) is 0 Å². The molecule has 1 N–H and O–H groups in total. The Morgan fingerprint density at radius 1 is 0.811 bits per heavy atom.